The number of pyridine rings is 1. The summed E-state index contributed by atoms with van der Waals surface area (Å²) < 4.78 is 12.2. The molecule has 0 amide bonds. The molecule has 3 rings (SSSR count). The quantitative estimate of drug-likeness (QED) is 0.635. The fraction of sp³-hybridized carbons (Fsp3) is 0.400. The first kappa shape index (κ1) is 17.8. The monoisotopic (exact) mass is 337 g/mol. The van der Waals surface area contributed by atoms with E-state index in [1.54, 1.807) is 12.4 Å². The van der Waals surface area contributed by atoms with Gasteiger partial charge in [0.15, 0.2) is 5.78 Å². The van der Waals surface area contributed by atoms with Crippen molar-refractivity contribution in [3.05, 3.63) is 59.4 Å². The summed E-state index contributed by atoms with van der Waals surface area (Å²) in [6.07, 6.45) is 3.70. The number of rotatable bonds is 4. The minimum atomic E-state index is -0.416. The second-order valence-corrected chi connectivity index (χ2v) is 7.68. The summed E-state index contributed by atoms with van der Waals surface area (Å²) in [5.74, 6) is 0.0577. The zero-order valence-electron chi connectivity index (χ0n) is 15.5. The first-order valence-electron chi connectivity index (χ1n) is 8.57. The lowest BCUT2D eigenvalue weighted by atomic mass is 9.78. The maximum atomic E-state index is 12.5. The molecule has 1 fully saturated rings. The molecule has 0 saturated carbocycles. The number of ketones is 1. The molecule has 0 spiro atoms. The molecule has 1 aliphatic heterocycles. The molecule has 0 atom stereocenters. The molecule has 25 heavy (non-hydrogen) atoms. The van der Waals surface area contributed by atoms with Crippen molar-refractivity contribution in [3.63, 3.8) is 0 Å². The van der Waals surface area contributed by atoms with Crippen molar-refractivity contribution in [2.45, 2.75) is 52.2 Å². The molecule has 1 aromatic carbocycles. The van der Waals surface area contributed by atoms with Gasteiger partial charge in [0.05, 0.1) is 11.2 Å². The van der Waals surface area contributed by atoms with Crippen molar-refractivity contribution in [3.8, 4) is 0 Å². The van der Waals surface area contributed by atoms with Crippen LogP contribution in [0.4, 0.5) is 0 Å². The Hall–Kier alpha value is -1.98. The van der Waals surface area contributed by atoms with Crippen LogP contribution in [0.2, 0.25) is 0 Å². The number of carbonyl (C=O) groups is 1. The third-order valence-corrected chi connectivity index (χ3v) is 5.04. The van der Waals surface area contributed by atoms with E-state index in [4.69, 9.17) is 9.31 Å². The normalized spacial score (nSPS) is 18.4. The highest BCUT2D eigenvalue weighted by Crippen LogP contribution is 2.36. The van der Waals surface area contributed by atoms with E-state index in [-0.39, 0.29) is 17.0 Å². The van der Waals surface area contributed by atoms with E-state index in [1.165, 1.54) is 0 Å². The average molecular weight is 337 g/mol. The van der Waals surface area contributed by atoms with Crippen LogP contribution in [0.3, 0.4) is 0 Å². The van der Waals surface area contributed by atoms with Crippen molar-refractivity contribution in [2.24, 2.45) is 0 Å². The lowest BCUT2D eigenvalue weighted by Gasteiger charge is -2.32. The Morgan fingerprint density at radius 2 is 1.76 bits per heavy atom. The van der Waals surface area contributed by atoms with Crippen LogP contribution in [-0.4, -0.2) is 29.1 Å². The molecule has 0 aliphatic carbocycles. The Balaban J connectivity index is 1.78. The molecular weight excluding hydrogens is 313 g/mol. The Kier molecular flexibility index (Phi) is 4.56. The molecule has 0 bridgehead atoms. The molecule has 1 aromatic heterocycles. The van der Waals surface area contributed by atoms with Crippen LogP contribution < -0.4 is 5.46 Å². The summed E-state index contributed by atoms with van der Waals surface area (Å²) in [7, 11) is -0.416. The van der Waals surface area contributed by atoms with E-state index in [0.29, 0.717) is 12.0 Å². The van der Waals surface area contributed by atoms with Gasteiger partial charge in [0, 0.05) is 24.4 Å². The molecule has 1 saturated heterocycles. The number of aromatic nitrogens is 1. The lowest BCUT2D eigenvalue weighted by Crippen LogP contribution is -2.41. The van der Waals surface area contributed by atoms with Gasteiger partial charge < -0.3 is 9.31 Å². The Labute approximate surface area is 149 Å². The van der Waals surface area contributed by atoms with E-state index in [2.05, 4.69) is 4.98 Å². The first-order chi connectivity index (χ1) is 11.7. The molecule has 130 valence electrons. The number of benzene rings is 1. The molecule has 0 unspecified atom stereocenters. The number of aryl methyl sites for hydroxylation is 1. The fourth-order valence-electron chi connectivity index (χ4n) is 2.82. The summed E-state index contributed by atoms with van der Waals surface area (Å²) in [6.45, 7) is 10.1. The molecule has 5 heteroatoms. The third-order valence-electron chi connectivity index (χ3n) is 5.04. The van der Waals surface area contributed by atoms with Gasteiger partial charge in [-0.3, -0.25) is 9.78 Å². The third kappa shape index (κ3) is 3.67. The van der Waals surface area contributed by atoms with E-state index in [0.717, 1.165) is 16.6 Å². The van der Waals surface area contributed by atoms with Crippen LogP contribution >= 0.6 is 0 Å². The SMILES string of the molecule is Cc1cncc(C(=O)Cc2cccc(B3OC(C)(C)C(C)(C)O3)c2)c1. The lowest BCUT2D eigenvalue weighted by molar-refractivity contribution is 0.00578. The van der Waals surface area contributed by atoms with Crippen LogP contribution in [0.1, 0.15) is 49.2 Å². The van der Waals surface area contributed by atoms with Gasteiger partial charge in [0.25, 0.3) is 0 Å². The molecule has 1 aliphatic rings. The summed E-state index contributed by atoms with van der Waals surface area (Å²) in [5, 5.41) is 0. The maximum Gasteiger partial charge on any atom is 0.494 e. The van der Waals surface area contributed by atoms with Crippen molar-refractivity contribution in [2.75, 3.05) is 0 Å². The Morgan fingerprint density at radius 1 is 1.08 bits per heavy atom. The highest BCUT2D eigenvalue weighted by atomic mass is 16.7. The zero-order chi connectivity index (χ0) is 18.2. The van der Waals surface area contributed by atoms with E-state index >= 15 is 0 Å². The molecule has 2 aromatic rings. The summed E-state index contributed by atoms with van der Waals surface area (Å²) in [6, 6.07) is 9.73. The standard InChI is InChI=1S/C20H24BNO3/c1-14-9-16(13-22-12-14)18(23)11-15-7-6-8-17(10-15)21-24-19(2,3)20(4,5)25-21/h6-10,12-13H,11H2,1-5H3. The van der Waals surface area contributed by atoms with Gasteiger partial charge in [-0.1, -0.05) is 24.3 Å². The van der Waals surface area contributed by atoms with Crippen LogP contribution in [0, 0.1) is 6.92 Å². The number of Topliss-reactive ketones (excluding diaryl/α,β-unsaturated/α-hetero) is 1. The van der Waals surface area contributed by atoms with Crippen LogP contribution in [0.25, 0.3) is 0 Å². The van der Waals surface area contributed by atoms with Gasteiger partial charge in [-0.15, -0.1) is 0 Å². The molecule has 4 nitrogen and oxygen atoms in total. The van der Waals surface area contributed by atoms with Gasteiger partial charge in [-0.2, -0.15) is 0 Å². The van der Waals surface area contributed by atoms with Gasteiger partial charge in [-0.25, -0.2) is 0 Å². The van der Waals surface area contributed by atoms with Gasteiger partial charge in [0.1, 0.15) is 0 Å². The molecular formula is C20H24BNO3. The topological polar surface area (TPSA) is 48.4 Å². The highest BCUT2D eigenvalue weighted by molar-refractivity contribution is 6.62. The maximum absolute atomic E-state index is 12.5. The second kappa shape index (κ2) is 6.39. The van der Waals surface area contributed by atoms with Gasteiger partial charge in [0.2, 0.25) is 0 Å². The molecule has 0 N–H and O–H groups in total. The minimum absolute atomic E-state index is 0.0577. The number of hydrogen-bond acceptors (Lipinski definition) is 4. The average Bonchev–Trinajstić information content (AvgIpc) is 2.76. The Bertz CT molecular complexity index is 785. The van der Waals surface area contributed by atoms with Gasteiger partial charge >= 0.3 is 7.12 Å². The molecule has 2 heterocycles. The second-order valence-electron chi connectivity index (χ2n) is 7.68. The summed E-state index contributed by atoms with van der Waals surface area (Å²) in [4.78, 5) is 16.6. The van der Waals surface area contributed by atoms with E-state index in [1.807, 2.05) is 65.0 Å². The molecule has 0 radical (unpaired) electrons. The van der Waals surface area contributed by atoms with Crippen molar-refractivity contribution in [1.82, 2.24) is 4.98 Å². The summed E-state index contributed by atoms with van der Waals surface area (Å²) in [5.41, 5.74) is 2.75. The summed E-state index contributed by atoms with van der Waals surface area (Å²) >= 11 is 0. The highest BCUT2D eigenvalue weighted by Gasteiger charge is 2.51. The Morgan fingerprint density at radius 3 is 2.40 bits per heavy atom. The predicted molar refractivity (Wildman–Crippen MR) is 99.2 cm³/mol. The van der Waals surface area contributed by atoms with E-state index < -0.39 is 7.12 Å². The number of hydrogen-bond donors (Lipinski definition) is 0. The van der Waals surface area contributed by atoms with Crippen LogP contribution in [-0.2, 0) is 15.7 Å². The fourth-order valence-corrected chi connectivity index (χ4v) is 2.82. The number of nitrogens with zero attached hydrogens (tertiary/aromatic N) is 1. The van der Waals surface area contributed by atoms with Crippen molar-refractivity contribution < 1.29 is 14.1 Å². The number of carbonyl (C=O) groups excluding carboxylic acids is 1. The van der Waals surface area contributed by atoms with Crippen molar-refractivity contribution >= 4 is 18.4 Å². The van der Waals surface area contributed by atoms with Gasteiger partial charge in [-0.05, 0) is 57.3 Å². The minimum Gasteiger partial charge on any atom is -0.399 e. The smallest absolute Gasteiger partial charge is 0.399 e. The van der Waals surface area contributed by atoms with Crippen LogP contribution in [0.15, 0.2) is 42.7 Å². The first-order valence-corrected chi connectivity index (χ1v) is 8.57. The largest absolute Gasteiger partial charge is 0.494 e. The van der Waals surface area contributed by atoms with Crippen LogP contribution in [0.5, 0.6) is 0 Å². The van der Waals surface area contributed by atoms with E-state index in [9.17, 15) is 4.79 Å². The zero-order valence-corrected chi connectivity index (χ0v) is 15.5. The van der Waals surface area contributed by atoms with Crippen molar-refractivity contribution in [1.29, 1.82) is 0 Å². The predicted octanol–water partition coefficient (Wildman–Crippen LogP) is 3.11.